The maximum Gasteiger partial charge on any atom is 0.250 e. The molecule has 1 amide bonds. The third-order valence-corrected chi connectivity index (χ3v) is 6.65. The van der Waals surface area contributed by atoms with Crippen LogP contribution >= 0.6 is 15.9 Å². The third-order valence-electron chi connectivity index (χ3n) is 6.12. The van der Waals surface area contributed by atoms with Crippen molar-refractivity contribution in [1.29, 1.82) is 0 Å². The Hall–Kier alpha value is -3.85. The van der Waals surface area contributed by atoms with Gasteiger partial charge in [-0.1, -0.05) is 57.4 Å². The summed E-state index contributed by atoms with van der Waals surface area (Å²) in [5.74, 6) is 0.313. The molecule has 0 saturated carbocycles. The molecule has 0 aliphatic carbocycles. The van der Waals surface area contributed by atoms with Crippen molar-refractivity contribution < 1.29 is 19.4 Å². The highest BCUT2D eigenvalue weighted by molar-refractivity contribution is 9.10. The fourth-order valence-corrected chi connectivity index (χ4v) is 4.49. The number of nitrogens with two attached hydrogens (primary N) is 1. The van der Waals surface area contributed by atoms with Crippen molar-refractivity contribution in [2.24, 2.45) is 15.8 Å². The van der Waals surface area contributed by atoms with E-state index in [1.807, 2.05) is 48.5 Å². The second-order valence-electron chi connectivity index (χ2n) is 8.54. The Balaban J connectivity index is 1.75. The standard InChI is InChI=1S/C27H26BrN5O4/c28-22-10-6-18(7-11-22)24-27(26(29)35,16-20-4-1-2-5-21(20)17-31-33-30)32-25(37-24)19-8-12-23(13-9-19)36-15-3-14-34/h1-2,4-13,24,34H,3,14-17H2,(H2,29,35)/t24-,27-/m1/s1. The second-order valence-corrected chi connectivity index (χ2v) is 9.46. The first-order valence-electron chi connectivity index (χ1n) is 11.7. The molecule has 0 saturated heterocycles. The minimum Gasteiger partial charge on any atom is -0.494 e. The average Bonchev–Trinajstić information content (AvgIpc) is 3.30. The van der Waals surface area contributed by atoms with E-state index < -0.39 is 17.6 Å². The van der Waals surface area contributed by atoms with Crippen molar-refractivity contribution in [3.05, 3.63) is 110 Å². The molecule has 3 N–H and O–H groups in total. The van der Waals surface area contributed by atoms with Gasteiger partial charge in [0.05, 0.1) is 13.2 Å². The highest BCUT2D eigenvalue weighted by Gasteiger charge is 2.52. The zero-order valence-corrected chi connectivity index (χ0v) is 21.5. The Labute approximate surface area is 222 Å². The molecular weight excluding hydrogens is 538 g/mol. The summed E-state index contributed by atoms with van der Waals surface area (Å²) in [6.07, 6.45) is -0.0816. The molecule has 0 spiro atoms. The molecule has 10 heteroatoms. The Bertz CT molecular complexity index is 1320. The summed E-state index contributed by atoms with van der Waals surface area (Å²) in [4.78, 5) is 20.9. The lowest BCUT2D eigenvalue weighted by Crippen LogP contribution is -2.47. The third kappa shape index (κ3) is 5.94. The number of aliphatic imine (C=N–C) groups is 1. The second kappa shape index (κ2) is 11.9. The largest absolute Gasteiger partial charge is 0.494 e. The molecule has 0 radical (unpaired) electrons. The van der Waals surface area contributed by atoms with Gasteiger partial charge in [0, 0.05) is 34.4 Å². The van der Waals surface area contributed by atoms with Gasteiger partial charge in [0.2, 0.25) is 11.8 Å². The van der Waals surface area contributed by atoms with Crippen molar-refractivity contribution in [3.8, 4) is 5.75 Å². The number of carbonyl (C=O) groups excluding carboxylic acids is 1. The number of benzene rings is 3. The molecule has 1 aliphatic heterocycles. The number of ether oxygens (including phenoxy) is 2. The van der Waals surface area contributed by atoms with Crippen molar-refractivity contribution in [1.82, 2.24) is 0 Å². The van der Waals surface area contributed by atoms with Gasteiger partial charge in [0.25, 0.3) is 0 Å². The molecule has 1 heterocycles. The van der Waals surface area contributed by atoms with E-state index in [9.17, 15) is 4.79 Å². The lowest BCUT2D eigenvalue weighted by molar-refractivity contribution is -0.125. The van der Waals surface area contributed by atoms with Crippen molar-refractivity contribution >= 4 is 27.7 Å². The highest BCUT2D eigenvalue weighted by atomic mass is 79.9. The van der Waals surface area contributed by atoms with E-state index in [4.69, 9.17) is 30.8 Å². The molecular formula is C27H26BrN5O4. The van der Waals surface area contributed by atoms with Gasteiger partial charge < -0.3 is 20.3 Å². The zero-order valence-electron chi connectivity index (χ0n) is 20.0. The summed E-state index contributed by atoms with van der Waals surface area (Å²) < 4.78 is 12.9. The van der Waals surface area contributed by atoms with Crippen LogP contribution in [0, 0.1) is 0 Å². The van der Waals surface area contributed by atoms with Crippen LogP contribution < -0.4 is 10.5 Å². The number of hydrogen-bond donors (Lipinski definition) is 2. The number of hydrogen-bond acceptors (Lipinski definition) is 6. The van der Waals surface area contributed by atoms with Crippen LogP contribution in [0.5, 0.6) is 5.75 Å². The number of amides is 1. The minimum absolute atomic E-state index is 0.0569. The van der Waals surface area contributed by atoms with Gasteiger partial charge in [-0.05, 0) is 58.6 Å². The zero-order chi connectivity index (χ0) is 26.3. The number of azide groups is 1. The topological polar surface area (TPSA) is 143 Å². The van der Waals surface area contributed by atoms with Gasteiger partial charge in [-0.2, -0.15) is 0 Å². The first-order chi connectivity index (χ1) is 18.0. The van der Waals surface area contributed by atoms with Crippen molar-refractivity contribution in [3.63, 3.8) is 0 Å². The van der Waals surface area contributed by atoms with E-state index >= 15 is 0 Å². The number of halogens is 1. The lowest BCUT2D eigenvalue weighted by atomic mass is 9.81. The lowest BCUT2D eigenvalue weighted by Gasteiger charge is -2.29. The molecule has 0 aromatic heterocycles. The molecule has 3 aromatic carbocycles. The molecule has 0 fully saturated rings. The highest BCUT2D eigenvalue weighted by Crippen LogP contribution is 2.42. The Morgan fingerprint density at radius 2 is 1.84 bits per heavy atom. The predicted octanol–water partition coefficient (Wildman–Crippen LogP) is 5.01. The summed E-state index contributed by atoms with van der Waals surface area (Å²) in [5, 5.41) is 12.6. The number of nitrogens with zero attached hydrogens (tertiary/aromatic N) is 4. The maximum absolute atomic E-state index is 13.2. The van der Waals surface area contributed by atoms with Crippen molar-refractivity contribution in [2.75, 3.05) is 13.2 Å². The number of aliphatic hydroxyl groups excluding tert-OH is 1. The fourth-order valence-electron chi connectivity index (χ4n) is 4.22. The van der Waals surface area contributed by atoms with Crippen LogP contribution in [0.1, 0.15) is 34.8 Å². The Morgan fingerprint density at radius 3 is 2.49 bits per heavy atom. The SMILES string of the molecule is [N-]=[N+]=NCc1ccccc1C[C@@]1(C(N)=O)N=C(c2ccc(OCCCO)cc2)O[C@@H]1c1ccc(Br)cc1. The van der Waals surface area contributed by atoms with Gasteiger partial charge in [-0.3, -0.25) is 4.79 Å². The fraction of sp³-hybridized carbons (Fsp3) is 0.259. The number of rotatable bonds is 11. The Kier molecular flexibility index (Phi) is 8.45. The summed E-state index contributed by atoms with van der Waals surface area (Å²) in [6.45, 7) is 0.597. The molecule has 9 nitrogen and oxygen atoms in total. The van der Waals surface area contributed by atoms with E-state index in [0.29, 0.717) is 30.2 Å². The van der Waals surface area contributed by atoms with Gasteiger partial charge >= 0.3 is 0 Å². The number of carbonyl (C=O) groups is 1. The average molecular weight is 564 g/mol. The normalized spacial score (nSPS) is 18.4. The molecule has 1 aliphatic rings. The quantitative estimate of drug-likeness (QED) is 0.146. The van der Waals surface area contributed by atoms with Gasteiger partial charge in [0.1, 0.15) is 5.75 Å². The van der Waals surface area contributed by atoms with Crippen LogP contribution in [0.15, 0.2) is 87.4 Å². The van der Waals surface area contributed by atoms with E-state index in [-0.39, 0.29) is 19.6 Å². The van der Waals surface area contributed by atoms with Gasteiger partial charge in [0.15, 0.2) is 11.6 Å². The molecule has 4 rings (SSSR count). The van der Waals surface area contributed by atoms with Crippen LogP contribution in [0.4, 0.5) is 0 Å². The number of primary amides is 1. The summed E-state index contributed by atoms with van der Waals surface area (Å²) in [5.41, 5.74) is 16.4. The Morgan fingerprint density at radius 1 is 1.14 bits per heavy atom. The molecule has 0 unspecified atom stereocenters. The summed E-state index contributed by atoms with van der Waals surface area (Å²) in [6, 6.07) is 22.1. The maximum atomic E-state index is 13.2. The van der Waals surface area contributed by atoms with Crippen LogP contribution in [-0.4, -0.2) is 35.7 Å². The number of aliphatic hydroxyl groups is 1. The molecule has 0 bridgehead atoms. The molecule has 2 atom stereocenters. The van der Waals surface area contributed by atoms with Crippen LogP contribution in [0.3, 0.4) is 0 Å². The minimum atomic E-state index is -1.44. The van der Waals surface area contributed by atoms with E-state index in [1.165, 1.54) is 0 Å². The first kappa shape index (κ1) is 26.2. The summed E-state index contributed by atoms with van der Waals surface area (Å²) >= 11 is 3.45. The first-order valence-corrected chi connectivity index (χ1v) is 12.5. The summed E-state index contributed by atoms with van der Waals surface area (Å²) in [7, 11) is 0. The van der Waals surface area contributed by atoms with Crippen LogP contribution in [0.2, 0.25) is 0 Å². The van der Waals surface area contributed by atoms with E-state index in [1.54, 1.807) is 24.3 Å². The van der Waals surface area contributed by atoms with E-state index in [2.05, 4.69) is 26.0 Å². The smallest absolute Gasteiger partial charge is 0.250 e. The predicted molar refractivity (Wildman–Crippen MR) is 143 cm³/mol. The van der Waals surface area contributed by atoms with E-state index in [0.717, 1.165) is 21.2 Å². The van der Waals surface area contributed by atoms with Crippen LogP contribution in [0.25, 0.3) is 10.4 Å². The molecule has 3 aromatic rings. The molecule has 190 valence electrons. The molecule has 37 heavy (non-hydrogen) atoms. The van der Waals surface area contributed by atoms with Gasteiger partial charge in [-0.25, -0.2) is 4.99 Å². The van der Waals surface area contributed by atoms with Crippen molar-refractivity contribution in [2.45, 2.75) is 31.0 Å². The van der Waals surface area contributed by atoms with Crippen LogP contribution in [-0.2, 0) is 22.5 Å². The monoisotopic (exact) mass is 563 g/mol. The van der Waals surface area contributed by atoms with Gasteiger partial charge in [-0.15, -0.1) is 0 Å².